The first-order valence-corrected chi connectivity index (χ1v) is 5.79. The van der Waals surface area contributed by atoms with Crippen LogP contribution in [0.15, 0.2) is 0 Å². The first kappa shape index (κ1) is 12.7. The van der Waals surface area contributed by atoms with Gasteiger partial charge in [-0.2, -0.15) is 0 Å². The highest BCUT2D eigenvalue weighted by atomic mass is 16.7. The van der Waals surface area contributed by atoms with Gasteiger partial charge in [0.1, 0.15) is 5.78 Å². The Morgan fingerprint density at radius 2 is 1.87 bits per heavy atom. The molecule has 1 saturated heterocycles. The van der Waals surface area contributed by atoms with E-state index in [4.69, 9.17) is 9.47 Å². The van der Waals surface area contributed by atoms with E-state index in [1.807, 2.05) is 13.8 Å². The van der Waals surface area contributed by atoms with Crippen LogP contribution in [0.2, 0.25) is 0 Å². The van der Waals surface area contributed by atoms with Gasteiger partial charge in [0.25, 0.3) is 0 Å². The summed E-state index contributed by atoms with van der Waals surface area (Å²) >= 11 is 0. The molecule has 0 radical (unpaired) electrons. The molecule has 3 heteroatoms. The van der Waals surface area contributed by atoms with E-state index in [0.29, 0.717) is 6.42 Å². The predicted molar refractivity (Wildman–Crippen MR) is 58.6 cm³/mol. The molecule has 0 aromatic heterocycles. The molecule has 3 nitrogen and oxygen atoms in total. The van der Waals surface area contributed by atoms with Crippen molar-refractivity contribution in [1.82, 2.24) is 0 Å². The van der Waals surface area contributed by atoms with Gasteiger partial charge in [-0.15, -0.1) is 0 Å². The van der Waals surface area contributed by atoms with Crippen molar-refractivity contribution in [3.8, 4) is 0 Å². The van der Waals surface area contributed by atoms with Gasteiger partial charge in [-0.25, -0.2) is 0 Å². The monoisotopic (exact) mass is 214 g/mol. The Labute approximate surface area is 92.1 Å². The van der Waals surface area contributed by atoms with Crippen LogP contribution in [0.5, 0.6) is 0 Å². The Balaban J connectivity index is 2.37. The summed E-state index contributed by atoms with van der Waals surface area (Å²) < 4.78 is 11.6. The van der Waals surface area contributed by atoms with Gasteiger partial charge < -0.3 is 14.3 Å². The van der Waals surface area contributed by atoms with Crippen molar-refractivity contribution in [2.45, 2.75) is 71.4 Å². The van der Waals surface area contributed by atoms with Crippen molar-refractivity contribution in [2.75, 3.05) is 0 Å². The zero-order valence-corrected chi connectivity index (χ0v) is 10.2. The van der Waals surface area contributed by atoms with Gasteiger partial charge in [0.15, 0.2) is 5.79 Å². The Morgan fingerprint density at radius 3 is 2.40 bits per heavy atom. The van der Waals surface area contributed by atoms with Gasteiger partial charge in [0, 0.05) is 6.42 Å². The van der Waals surface area contributed by atoms with E-state index in [9.17, 15) is 4.79 Å². The van der Waals surface area contributed by atoms with Gasteiger partial charge in [0.05, 0.1) is 12.2 Å². The number of ketones is 1. The van der Waals surface area contributed by atoms with Crippen molar-refractivity contribution in [1.29, 1.82) is 0 Å². The van der Waals surface area contributed by atoms with E-state index >= 15 is 0 Å². The molecule has 0 aromatic carbocycles. The Hall–Kier alpha value is -0.410. The summed E-state index contributed by atoms with van der Waals surface area (Å²) in [6.07, 6.45) is 3.78. The molecule has 0 aromatic rings. The lowest BCUT2D eigenvalue weighted by Gasteiger charge is -2.16. The highest BCUT2D eigenvalue weighted by molar-refractivity contribution is 5.75. The molecule has 0 unspecified atom stereocenters. The molecule has 1 heterocycles. The molecule has 0 spiro atoms. The van der Waals surface area contributed by atoms with E-state index in [1.165, 1.54) is 0 Å². The van der Waals surface area contributed by atoms with Gasteiger partial charge in [-0.3, -0.25) is 0 Å². The third kappa shape index (κ3) is 3.92. The molecule has 15 heavy (non-hydrogen) atoms. The fraction of sp³-hybridized carbons (Fsp3) is 0.917. The fourth-order valence-corrected chi connectivity index (χ4v) is 2.05. The van der Waals surface area contributed by atoms with E-state index in [-0.39, 0.29) is 18.0 Å². The first-order valence-electron chi connectivity index (χ1n) is 5.79. The number of hydrogen-bond acceptors (Lipinski definition) is 3. The van der Waals surface area contributed by atoms with E-state index < -0.39 is 5.79 Å². The molecule has 2 atom stereocenters. The molecule has 0 bridgehead atoms. The SMILES string of the molecule is CC[C@@H]1OC(C)(C)O[C@@H]1CCCC(C)=O. The van der Waals surface area contributed by atoms with Crippen LogP contribution in [0.3, 0.4) is 0 Å². The summed E-state index contributed by atoms with van der Waals surface area (Å²) in [5, 5.41) is 0. The van der Waals surface area contributed by atoms with E-state index in [1.54, 1.807) is 6.92 Å². The zero-order valence-electron chi connectivity index (χ0n) is 10.2. The lowest BCUT2D eigenvalue weighted by molar-refractivity contribution is -0.146. The summed E-state index contributed by atoms with van der Waals surface area (Å²) in [7, 11) is 0. The molecule has 1 aliphatic rings. The van der Waals surface area contributed by atoms with Gasteiger partial charge >= 0.3 is 0 Å². The van der Waals surface area contributed by atoms with Crippen molar-refractivity contribution >= 4 is 5.78 Å². The smallest absolute Gasteiger partial charge is 0.163 e. The predicted octanol–water partition coefficient (Wildman–Crippen LogP) is 2.68. The van der Waals surface area contributed by atoms with E-state index in [0.717, 1.165) is 19.3 Å². The van der Waals surface area contributed by atoms with Gasteiger partial charge in [-0.05, 0) is 40.0 Å². The maximum Gasteiger partial charge on any atom is 0.163 e. The van der Waals surface area contributed by atoms with Crippen LogP contribution >= 0.6 is 0 Å². The minimum atomic E-state index is -0.457. The average molecular weight is 214 g/mol. The second-order valence-electron chi connectivity index (χ2n) is 4.71. The van der Waals surface area contributed by atoms with Crippen LogP contribution in [0, 0.1) is 0 Å². The van der Waals surface area contributed by atoms with Gasteiger partial charge in [0.2, 0.25) is 0 Å². The van der Waals surface area contributed by atoms with Crippen molar-refractivity contribution in [3.63, 3.8) is 0 Å². The summed E-state index contributed by atoms with van der Waals surface area (Å²) in [5.41, 5.74) is 0. The second-order valence-corrected chi connectivity index (χ2v) is 4.71. The molecule has 0 N–H and O–H groups in total. The van der Waals surface area contributed by atoms with Crippen molar-refractivity contribution < 1.29 is 14.3 Å². The maximum absolute atomic E-state index is 10.8. The number of Topliss-reactive ketones (excluding diaryl/α,β-unsaturated/α-hetero) is 1. The summed E-state index contributed by atoms with van der Waals surface area (Å²) in [5.74, 6) is -0.206. The largest absolute Gasteiger partial charge is 0.345 e. The minimum Gasteiger partial charge on any atom is -0.345 e. The van der Waals surface area contributed by atoms with Crippen molar-refractivity contribution in [2.24, 2.45) is 0 Å². The second kappa shape index (κ2) is 5.08. The molecule has 0 saturated carbocycles. The average Bonchev–Trinajstić information content (AvgIpc) is 2.40. The summed E-state index contributed by atoms with van der Waals surface area (Å²) in [6, 6.07) is 0. The highest BCUT2D eigenvalue weighted by Gasteiger charge is 2.39. The molecule has 0 amide bonds. The molecule has 0 aliphatic carbocycles. The number of carbonyl (C=O) groups is 1. The molecule has 1 aliphatic heterocycles. The number of rotatable bonds is 5. The molecular formula is C12H22O3. The standard InChI is InChI=1S/C12H22O3/c1-5-10-11(8-6-7-9(2)13)15-12(3,4)14-10/h10-11H,5-8H2,1-4H3/t10-,11+/m0/s1. The zero-order chi connectivity index (χ0) is 11.5. The van der Waals surface area contributed by atoms with Crippen molar-refractivity contribution in [3.05, 3.63) is 0 Å². The minimum absolute atomic E-state index is 0.157. The quantitative estimate of drug-likeness (QED) is 0.705. The third-order valence-corrected chi connectivity index (χ3v) is 2.70. The van der Waals surface area contributed by atoms with Crippen LogP contribution < -0.4 is 0 Å². The molecular weight excluding hydrogens is 192 g/mol. The molecule has 1 fully saturated rings. The third-order valence-electron chi connectivity index (χ3n) is 2.70. The van der Waals surface area contributed by atoms with E-state index in [2.05, 4.69) is 6.92 Å². The van der Waals surface area contributed by atoms with Crippen LogP contribution in [0.4, 0.5) is 0 Å². The maximum atomic E-state index is 10.8. The lowest BCUT2D eigenvalue weighted by atomic mass is 10.0. The molecule has 1 rings (SSSR count). The first-order chi connectivity index (χ1) is 6.94. The number of hydrogen-bond donors (Lipinski definition) is 0. The van der Waals surface area contributed by atoms with Gasteiger partial charge in [-0.1, -0.05) is 6.92 Å². The Bertz CT molecular complexity index is 223. The lowest BCUT2D eigenvalue weighted by Crippen LogP contribution is -2.21. The van der Waals surface area contributed by atoms with Crippen LogP contribution in [-0.4, -0.2) is 23.8 Å². The van der Waals surface area contributed by atoms with Crippen LogP contribution in [-0.2, 0) is 14.3 Å². The topological polar surface area (TPSA) is 35.5 Å². The Morgan fingerprint density at radius 1 is 1.27 bits per heavy atom. The number of ether oxygens (including phenoxy) is 2. The fourth-order valence-electron chi connectivity index (χ4n) is 2.05. The van der Waals surface area contributed by atoms with Crippen LogP contribution in [0.25, 0.3) is 0 Å². The normalized spacial score (nSPS) is 29.3. The molecule has 88 valence electrons. The highest BCUT2D eigenvalue weighted by Crippen LogP contribution is 2.32. The number of carbonyl (C=O) groups excluding carboxylic acids is 1. The van der Waals surface area contributed by atoms with Crippen LogP contribution in [0.1, 0.15) is 53.4 Å². The summed E-state index contributed by atoms with van der Waals surface area (Å²) in [4.78, 5) is 10.8. The Kier molecular flexibility index (Phi) is 4.29. The summed E-state index contributed by atoms with van der Waals surface area (Å²) in [6.45, 7) is 7.63.